The summed E-state index contributed by atoms with van der Waals surface area (Å²) in [5.41, 5.74) is 0.389. The lowest BCUT2D eigenvalue weighted by Gasteiger charge is -2.11. The fraction of sp³-hybridized carbons (Fsp3) is 0.300. The van der Waals surface area contributed by atoms with Crippen molar-refractivity contribution in [3.8, 4) is 0 Å². The lowest BCUT2D eigenvalue weighted by molar-refractivity contribution is -0.113. The van der Waals surface area contributed by atoms with Gasteiger partial charge < -0.3 is 5.32 Å². The lowest BCUT2D eigenvalue weighted by atomic mass is 10.2. The summed E-state index contributed by atoms with van der Waals surface area (Å²) in [5, 5.41) is 2.69. The number of nitrogens with one attached hydrogen (secondary N) is 2. The van der Waals surface area contributed by atoms with Gasteiger partial charge in [0.1, 0.15) is 11.7 Å². The van der Waals surface area contributed by atoms with Crippen LogP contribution in [0.4, 0.5) is 10.1 Å². The Morgan fingerprint density at radius 3 is 2.69 bits per heavy atom. The highest BCUT2D eigenvalue weighted by atomic mass is 32.2. The molecule has 0 fully saturated rings. The van der Waals surface area contributed by atoms with Gasteiger partial charge in [-0.25, -0.2) is 12.8 Å². The average molecular weight is 436 g/mol. The molecule has 1 heterocycles. The average Bonchev–Trinajstić information content (AvgIpc) is 2.96. The molecule has 1 aliphatic rings. The molecule has 0 aromatic heterocycles. The number of hydrogen-bond acceptors (Lipinski definition) is 5. The summed E-state index contributed by atoms with van der Waals surface area (Å²) in [6.45, 7) is 0.625. The van der Waals surface area contributed by atoms with E-state index in [9.17, 15) is 17.6 Å². The molecule has 1 amide bonds. The molecule has 0 atom stereocenters. The van der Waals surface area contributed by atoms with Gasteiger partial charge in [0.05, 0.1) is 10.6 Å². The molecule has 2 aromatic rings. The molecule has 0 unspecified atom stereocenters. The van der Waals surface area contributed by atoms with Gasteiger partial charge in [0.2, 0.25) is 5.91 Å². The van der Waals surface area contributed by atoms with Crippen molar-refractivity contribution in [2.75, 3.05) is 17.6 Å². The number of aliphatic imine (C=N–C) groups is 1. The highest BCUT2D eigenvalue weighted by Crippen LogP contribution is 2.20. The number of sulfonamides is 1. The number of carbonyl (C=O) groups is 1. The van der Waals surface area contributed by atoms with Crippen molar-refractivity contribution in [1.82, 2.24) is 4.72 Å². The van der Waals surface area contributed by atoms with Gasteiger partial charge in [-0.2, -0.15) is 0 Å². The van der Waals surface area contributed by atoms with Gasteiger partial charge >= 0.3 is 0 Å². The maximum Gasteiger partial charge on any atom is 0.262 e. The Morgan fingerprint density at radius 2 is 1.90 bits per heavy atom. The van der Waals surface area contributed by atoms with Crippen molar-refractivity contribution in [3.05, 3.63) is 54.3 Å². The minimum atomic E-state index is -3.77. The monoisotopic (exact) mass is 435 g/mol. The Balaban J connectivity index is 1.61. The van der Waals surface area contributed by atoms with Gasteiger partial charge in [-0.15, -0.1) is 11.8 Å². The Bertz CT molecular complexity index is 992. The maximum absolute atomic E-state index is 12.9. The molecule has 9 heteroatoms. The fourth-order valence-corrected chi connectivity index (χ4v) is 4.62. The number of nitrogens with zero attached hydrogens (tertiary/aromatic N) is 1. The summed E-state index contributed by atoms with van der Waals surface area (Å²) in [6, 6.07) is 12.0. The highest BCUT2D eigenvalue weighted by molar-refractivity contribution is 8.00. The second-order valence-electron chi connectivity index (χ2n) is 6.56. The van der Waals surface area contributed by atoms with Gasteiger partial charge in [0.25, 0.3) is 10.0 Å². The molecule has 6 nitrogen and oxygen atoms in total. The van der Waals surface area contributed by atoms with Crippen LogP contribution >= 0.6 is 11.8 Å². The van der Waals surface area contributed by atoms with Crippen LogP contribution in [0, 0.1) is 5.82 Å². The molecule has 0 radical (unpaired) electrons. The van der Waals surface area contributed by atoms with Crippen molar-refractivity contribution in [1.29, 1.82) is 0 Å². The summed E-state index contributed by atoms with van der Waals surface area (Å²) in [5.74, 6) is -0.0136. The first-order valence-corrected chi connectivity index (χ1v) is 11.7. The van der Waals surface area contributed by atoms with E-state index >= 15 is 0 Å². The quantitative estimate of drug-likeness (QED) is 0.676. The third-order valence-electron chi connectivity index (χ3n) is 4.24. The molecule has 154 valence electrons. The third kappa shape index (κ3) is 6.57. The maximum atomic E-state index is 12.9. The second kappa shape index (κ2) is 9.89. The summed E-state index contributed by atoms with van der Waals surface area (Å²) in [7, 11) is -3.77. The number of thioether (sulfide) groups is 1. The van der Waals surface area contributed by atoms with Crippen LogP contribution in [-0.2, 0) is 14.8 Å². The molecule has 3 rings (SSSR count). The molecule has 0 spiro atoms. The molecular weight excluding hydrogens is 413 g/mol. The van der Waals surface area contributed by atoms with Crippen LogP contribution in [0.15, 0.2) is 63.3 Å². The van der Waals surface area contributed by atoms with E-state index in [4.69, 9.17) is 0 Å². The molecule has 0 bridgehead atoms. The Labute approximate surface area is 174 Å². The number of rotatable bonds is 6. The van der Waals surface area contributed by atoms with Crippen LogP contribution in [0.25, 0.3) is 0 Å². The molecule has 0 saturated heterocycles. The molecule has 2 N–H and O–H groups in total. The van der Waals surface area contributed by atoms with Gasteiger partial charge in [-0.3, -0.25) is 14.5 Å². The van der Waals surface area contributed by atoms with E-state index < -0.39 is 10.0 Å². The van der Waals surface area contributed by atoms with Crippen LogP contribution in [0.2, 0.25) is 0 Å². The minimum absolute atomic E-state index is 0.0634. The number of benzene rings is 2. The zero-order chi connectivity index (χ0) is 20.7. The lowest BCUT2D eigenvalue weighted by Crippen LogP contribution is -2.30. The first-order chi connectivity index (χ1) is 13.9. The largest absolute Gasteiger partial charge is 0.325 e. The predicted octanol–water partition coefficient (Wildman–Crippen LogP) is 3.81. The molecule has 0 aliphatic carbocycles. The number of carbonyl (C=O) groups excluding carboxylic acids is 1. The Morgan fingerprint density at radius 1 is 1.10 bits per heavy atom. The molecule has 0 saturated carbocycles. The second-order valence-corrected chi connectivity index (χ2v) is 9.29. The van der Waals surface area contributed by atoms with Gasteiger partial charge in [-0.1, -0.05) is 12.5 Å². The van der Waals surface area contributed by atoms with Crippen molar-refractivity contribution in [2.24, 2.45) is 4.99 Å². The fourth-order valence-electron chi connectivity index (χ4n) is 2.79. The molecule has 29 heavy (non-hydrogen) atoms. The molecule has 2 aromatic carbocycles. The van der Waals surface area contributed by atoms with E-state index in [-0.39, 0.29) is 22.4 Å². The first kappa shape index (κ1) is 21.3. The van der Waals surface area contributed by atoms with Crippen molar-refractivity contribution < 1.29 is 17.6 Å². The van der Waals surface area contributed by atoms with Crippen molar-refractivity contribution in [2.45, 2.75) is 35.5 Å². The highest BCUT2D eigenvalue weighted by Gasteiger charge is 2.18. The van der Waals surface area contributed by atoms with Crippen LogP contribution in [0.5, 0.6) is 0 Å². The number of amidine groups is 1. The van der Waals surface area contributed by atoms with Gasteiger partial charge in [0.15, 0.2) is 0 Å². The summed E-state index contributed by atoms with van der Waals surface area (Å²) >= 11 is 1.27. The number of hydrogen-bond donors (Lipinski definition) is 2. The standard InChI is InChI=1S/C20H22FN3O3S2/c21-15-8-10-17(11-9-15)28-14-20(25)23-16-5-4-6-18(13-16)29(26,27)24-19-7-2-1-3-12-22-19/h4-6,8-11,13H,1-3,7,12,14H2,(H,22,24)(H,23,25). The number of anilines is 1. The number of halogens is 1. The predicted molar refractivity (Wildman–Crippen MR) is 113 cm³/mol. The topological polar surface area (TPSA) is 87.6 Å². The first-order valence-electron chi connectivity index (χ1n) is 9.27. The van der Waals surface area contributed by atoms with Crippen LogP contribution < -0.4 is 10.0 Å². The number of amides is 1. The summed E-state index contributed by atoms with van der Waals surface area (Å²) in [6.07, 6.45) is 3.51. The van der Waals surface area contributed by atoms with Crippen LogP contribution in [-0.4, -0.2) is 32.5 Å². The zero-order valence-electron chi connectivity index (χ0n) is 15.7. The molecular formula is C20H22FN3O3S2. The normalized spacial score (nSPS) is 14.6. The van der Waals surface area contributed by atoms with E-state index in [2.05, 4.69) is 15.0 Å². The van der Waals surface area contributed by atoms with E-state index in [1.165, 1.54) is 36.0 Å². The van der Waals surface area contributed by atoms with E-state index in [0.29, 0.717) is 24.5 Å². The smallest absolute Gasteiger partial charge is 0.262 e. The minimum Gasteiger partial charge on any atom is -0.325 e. The van der Waals surface area contributed by atoms with Crippen LogP contribution in [0.1, 0.15) is 25.7 Å². The third-order valence-corrected chi connectivity index (χ3v) is 6.63. The Kier molecular flexibility index (Phi) is 7.27. The van der Waals surface area contributed by atoms with Gasteiger partial charge in [-0.05, 0) is 55.3 Å². The van der Waals surface area contributed by atoms with Gasteiger partial charge in [0, 0.05) is 23.5 Å². The summed E-state index contributed by atoms with van der Waals surface area (Å²) < 4.78 is 40.8. The van der Waals surface area contributed by atoms with E-state index in [0.717, 1.165) is 24.2 Å². The zero-order valence-corrected chi connectivity index (χ0v) is 17.4. The van der Waals surface area contributed by atoms with E-state index in [1.54, 1.807) is 24.3 Å². The van der Waals surface area contributed by atoms with E-state index in [1.807, 2.05) is 0 Å². The van der Waals surface area contributed by atoms with Crippen molar-refractivity contribution in [3.63, 3.8) is 0 Å². The SMILES string of the molecule is O=C(CSc1ccc(F)cc1)Nc1cccc(S(=O)(=O)NC2=NCCCCC2)c1. The van der Waals surface area contributed by atoms with Crippen molar-refractivity contribution >= 4 is 39.2 Å². The summed E-state index contributed by atoms with van der Waals surface area (Å²) in [4.78, 5) is 17.3. The molecule has 1 aliphatic heterocycles. The Hall–Kier alpha value is -2.39. The van der Waals surface area contributed by atoms with Crippen LogP contribution in [0.3, 0.4) is 0 Å².